The first kappa shape index (κ1) is 20.3. The van der Waals surface area contributed by atoms with Crippen molar-refractivity contribution in [1.29, 1.82) is 0 Å². The van der Waals surface area contributed by atoms with E-state index >= 15 is 0 Å². The first-order valence-corrected chi connectivity index (χ1v) is 8.72. The van der Waals surface area contributed by atoms with E-state index in [0.717, 1.165) is 6.54 Å². The minimum absolute atomic E-state index is 0.247. The van der Waals surface area contributed by atoms with Gasteiger partial charge in [0.1, 0.15) is 5.69 Å². The largest absolute Gasteiger partial charge is 0.462 e. The Labute approximate surface area is 159 Å². The van der Waals surface area contributed by atoms with Gasteiger partial charge in [-0.3, -0.25) is 4.79 Å². The molecule has 0 atom stereocenters. The molecule has 0 fully saturated rings. The van der Waals surface area contributed by atoms with Gasteiger partial charge in [-0.05, 0) is 58.3 Å². The number of aromatic nitrogens is 2. The summed E-state index contributed by atoms with van der Waals surface area (Å²) in [6.07, 6.45) is 0. The second-order valence-electron chi connectivity index (χ2n) is 6.20. The highest BCUT2D eigenvalue weighted by atomic mass is 16.5. The fourth-order valence-electron chi connectivity index (χ4n) is 2.26. The Hall–Kier alpha value is -3.00. The molecule has 0 aliphatic rings. The molecule has 1 amide bonds. The maximum Gasteiger partial charge on any atom is 0.338 e. The Balaban J connectivity index is 2.07. The van der Waals surface area contributed by atoms with Crippen molar-refractivity contribution < 1.29 is 14.3 Å². The maximum atomic E-state index is 12.3. The number of nitrogens with zero attached hydrogens (tertiary/aromatic N) is 3. The lowest BCUT2D eigenvalue weighted by atomic mass is 10.2. The van der Waals surface area contributed by atoms with Crippen LogP contribution < -0.4 is 10.6 Å². The minimum atomic E-state index is -0.368. The van der Waals surface area contributed by atoms with Crippen molar-refractivity contribution in [3.05, 3.63) is 47.3 Å². The van der Waals surface area contributed by atoms with Crippen molar-refractivity contribution in [2.75, 3.05) is 39.1 Å². The molecule has 0 radical (unpaired) electrons. The van der Waals surface area contributed by atoms with Crippen LogP contribution in [0.2, 0.25) is 0 Å². The second kappa shape index (κ2) is 9.63. The molecule has 0 aliphatic carbocycles. The van der Waals surface area contributed by atoms with Crippen LogP contribution in [-0.2, 0) is 4.74 Å². The summed E-state index contributed by atoms with van der Waals surface area (Å²) in [7, 11) is 3.88. The Kier molecular flexibility index (Phi) is 7.25. The van der Waals surface area contributed by atoms with Crippen molar-refractivity contribution >= 4 is 23.5 Å². The van der Waals surface area contributed by atoms with Crippen LogP contribution in [0.3, 0.4) is 0 Å². The SMILES string of the molecule is CCOC(=O)c1ccc(Nc2nc(C)cc(C(=O)NCCN(C)C)n2)cc1. The van der Waals surface area contributed by atoms with Gasteiger partial charge in [0.25, 0.3) is 5.91 Å². The van der Waals surface area contributed by atoms with E-state index < -0.39 is 0 Å². The number of aryl methyl sites for hydroxylation is 1. The zero-order valence-corrected chi connectivity index (χ0v) is 16.1. The predicted octanol–water partition coefficient (Wildman–Crippen LogP) is 2.00. The Morgan fingerprint density at radius 2 is 1.85 bits per heavy atom. The lowest BCUT2D eigenvalue weighted by molar-refractivity contribution is 0.0526. The van der Waals surface area contributed by atoms with E-state index in [9.17, 15) is 9.59 Å². The third-order valence-electron chi connectivity index (χ3n) is 3.58. The van der Waals surface area contributed by atoms with Crippen molar-refractivity contribution in [2.24, 2.45) is 0 Å². The van der Waals surface area contributed by atoms with E-state index in [1.165, 1.54) is 0 Å². The van der Waals surface area contributed by atoms with E-state index in [1.807, 2.05) is 19.0 Å². The van der Waals surface area contributed by atoms with Gasteiger partial charge in [0, 0.05) is 24.5 Å². The molecule has 1 aromatic carbocycles. The van der Waals surface area contributed by atoms with Gasteiger partial charge in [0.05, 0.1) is 12.2 Å². The van der Waals surface area contributed by atoms with Crippen LogP contribution in [0.4, 0.5) is 11.6 Å². The summed E-state index contributed by atoms with van der Waals surface area (Å²) in [5.74, 6) is -0.299. The van der Waals surface area contributed by atoms with Crippen LogP contribution in [0.15, 0.2) is 30.3 Å². The summed E-state index contributed by atoms with van der Waals surface area (Å²) in [4.78, 5) is 34.5. The van der Waals surface area contributed by atoms with E-state index in [2.05, 4.69) is 20.6 Å². The van der Waals surface area contributed by atoms with Crippen LogP contribution in [0.1, 0.15) is 33.5 Å². The number of anilines is 2. The quantitative estimate of drug-likeness (QED) is 0.685. The molecule has 144 valence electrons. The molecule has 0 unspecified atom stereocenters. The maximum absolute atomic E-state index is 12.3. The highest BCUT2D eigenvalue weighted by Gasteiger charge is 2.11. The highest BCUT2D eigenvalue weighted by Crippen LogP contribution is 2.15. The number of benzene rings is 1. The molecule has 2 aromatic rings. The van der Waals surface area contributed by atoms with E-state index in [4.69, 9.17) is 4.74 Å². The summed E-state index contributed by atoms with van der Waals surface area (Å²) in [5.41, 5.74) is 2.14. The van der Waals surface area contributed by atoms with E-state index in [-0.39, 0.29) is 11.9 Å². The molecule has 8 heteroatoms. The Bertz CT molecular complexity index is 790. The molecule has 0 bridgehead atoms. The molecule has 8 nitrogen and oxygen atoms in total. The normalized spacial score (nSPS) is 10.6. The first-order valence-electron chi connectivity index (χ1n) is 8.72. The number of hydrogen-bond acceptors (Lipinski definition) is 7. The van der Waals surface area contributed by atoms with Crippen LogP contribution in [0, 0.1) is 6.92 Å². The molecule has 0 saturated carbocycles. The van der Waals surface area contributed by atoms with Crippen LogP contribution >= 0.6 is 0 Å². The van der Waals surface area contributed by atoms with Crippen LogP contribution in [-0.4, -0.2) is 60.5 Å². The smallest absolute Gasteiger partial charge is 0.338 e. The van der Waals surface area contributed by atoms with Crippen molar-refractivity contribution in [3.63, 3.8) is 0 Å². The minimum Gasteiger partial charge on any atom is -0.462 e. The zero-order chi connectivity index (χ0) is 19.8. The molecule has 1 heterocycles. The lowest BCUT2D eigenvalue weighted by Crippen LogP contribution is -2.32. The first-order chi connectivity index (χ1) is 12.9. The summed E-state index contributed by atoms with van der Waals surface area (Å²) >= 11 is 0. The predicted molar refractivity (Wildman–Crippen MR) is 103 cm³/mol. The molecule has 2 rings (SSSR count). The Morgan fingerprint density at radius 3 is 2.48 bits per heavy atom. The average Bonchev–Trinajstić information content (AvgIpc) is 2.61. The summed E-state index contributed by atoms with van der Waals surface area (Å²) < 4.78 is 4.96. The molecule has 1 aromatic heterocycles. The fraction of sp³-hybridized carbons (Fsp3) is 0.368. The molecule has 0 aliphatic heterocycles. The van der Waals surface area contributed by atoms with E-state index in [0.29, 0.717) is 41.7 Å². The number of likely N-dealkylation sites (N-methyl/N-ethyl adjacent to an activating group) is 1. The lowest BCUT2D eigenvalue weighted by Gasteiger charge is -2.11. The van der Waals surface area contributed by atoms with E-state index in [1.54, 1.807) is 44.2 Å². The van der Waals surface area contributed by atoms with Crippen LogP contribution in [0.25, 0.3) is 0 Å². The topological polar surface area (TPSA) is 96.4 Å². The van der Waals surface area contributed by atoms with Gasteiger partial charge in [-0.25, -0.2) is 14.8 Å². The zero-order valence-electron chi connectivity index (χ0n) is 16.1. The third kappa shape index (κ3) is 6.34. The number of carbonyl (C=O) groups is 2. The number of rotatable bonds is 8. The monoisotopic (exact) mass is 371 g/mol. The summed E-state index contributed by atoms with van der Waals surface area (Å²) in [6.45, 7) is 5.17. The summed E-state index contributed by atoms with van der Waals surface area (Å²) in [5, 5.41) is 5.88. The summed E-state index contributed by atoms with van der Waals surface area (Å²) in [6, 6.07) is 8.42. The van der Waals surface area contributed by atoms with Gasteiger partial charge < -0.3 is 20.3 Å². The van der Waals surface area contributed by atoms with Gasteiger partial charge in [-0.15, -0.1) is 0 Å². The average molecular weight is 371 g/mol. The molecule has 2 N–H and O–H groups in total. The number of ether oxygens (including phenoxy) is 1. The molecule has 0 saturated heterocycles. The number of esters is 1. The van der Waals surface area contributed by atoms with Gasteiger partial charge in [-0.1, -0.05) is 0 Å². The third-order valence-corrected chi connectivity index (χ3v) is 3.58. The molecular formula is C19H25N5O3. The van der Waals surface area contributed by atoms with Gasteiger partial charge in [0.15, 0.2) is 0 Å². The molecule has 27 heavy (non-hydrogen) atoms. The van der Waals surface area contributed by atoms with Crippen molar-refractivity contribution in [2.45, 2.75) is 13.8 Å². The van der Waals surface area contributed by atoms with Gasteiger partial charge >= 0.3 is 5.97 Å². The number of amides is 1. The Morgan fingerprint density at radius 1 is 1.15 bits per heavy atom. The molecule has 0 spiro atoms. The molecular weight excluding hydrogens is 346 g/mol. The van der Waals surface area contributed by atoms with Crippen LogP contribution in [0.5, 0.6) is 0 Å². The van der Waals surface area contributed by atoms with Crippen molar-refractivity contribution in [3.8, 4) is 0 Å². The number of nitrogens with one attached hydrogen (secondary N) is 2. The second-order valence-corrected chi connectivity index (χ2v) is 6.20. The van der Waals surface area contributed by atoms with Gasteiger partial charge in [-0.2, -0.15) is 0 Å². The number of carbonyl (C=O) groups excluding carboxylic acids is 2. The fourth-order valence-corrected chi connectivity index (χ4v) is 2.26. The highest BCUT2D eigenvalue weighted by molar-refractivity contribution is 5.92. The van der Waals surface area contributed by atoms with Gasteiger partial charge in [0.2, 0.25) is 5.95 Å². The van der Waals surface area contributed by atoms with Crippen molar-refractivity contribution in [1.82, 2.24) is 20.2 Å². The number of hydrogen-bond donors (Lipinski definition) is 2. The standard InChI is InChI=1S/C19H25N5O3/c1-5-27-18(26)14-6-8-15(9-7-14)22-19-21-13(2)12-16(23-19)17(25)20-10-11-24(3)4/h6-9,12H,5,10-11H2,1-4H3,(H,20,25)(H,21,22,23).